The smallest absolute Gasteiger partial charge is 0.240 e. The van der Waals surface area contributed by atoms with Gasteiger partial charge in [-0.25, -0.2) is 13.1 Å². The number of rotatable bonds is 8. The van der Waals surface area contributed by atoms with E-state index in [0.29, 0.717) is 17.5 Å². The Bertz CT molecular complexity index is 512. The fourth-order valence-corrected chi connectivity index (χ4v) is 3.32. The monoisotopic (exact) mass is 298 g/mol. The Balaban J connectivity index is 2.82. The second-order valence-corrected chi connectivity index (χ2v) is 7.21. The van der Waals surface area contributed by atoms with Gasteiger partial charge in [0.05, 0.1) is 4.90 Å². The molecule has 0 aliphatic heterocycles. The van der Waals surface area contributed by atoms with Crippen LogP contribution in [0.5, 0.6) is 0 Å². The van der Waals surface area contributed by atoms with Crippen LogP contribution in [0.2, 0.25) is 0 Å². The van der Waals surface area contributed by atoms with Gasteiger partial charge in [0.25, 0.3) is 0 Å². The Hall–Kier alpha value is -0.910. The minimum atomic E-state index is -3.42. The van der Waals surface area contributed by atoms with Crippen LogP contribution in [-0.2, 0) is 16.6 Å². The molecule has 0 saturated carbocycles. The molecule has 0 aliphatic carbocycles. The molecule has 1 rings (SSSR count). The Morgan fingerprint density at radius 2 is 1.90 bits per heavy atom. The molecule has 1 aromatic rings. The summed E-state index contributed by atoms with van der Waals surface area (Å²) >= 11 is 0. The fraction of sp³-hybridized carbons (Fsp3) is 0.600. The Morgan fingerprint density at radius 1 is 1.20 bits per heavy atom. The van der Waals surface area contributed by atoms with Gasteiger partial charge in [-0.2, -0.15) is 0 Å². The van der Waals surface area contributed by atoms with Gasteiger partial charge in [0.15, 0.2) is 0 Å². The Kier molecular flexibility index (Phi) is 6.65. The molecule has 0 amide bonds. The van der Waals surface area contributed by atoms with E-state index in [-0.39, 0.29) is 6.04 Å². The van der Waals surface area contributed by atoms with E-state index < -0.39 is 10.0 Å². The number of sulfonamides is 1. The Labute approximate surface area is 123 Å². The van der Waals surface area contributed by atoms with Gasteiger partial charge in [0.1, 0.15) is 0 Å². The summed E-state index contributed by atoms with van der Waals surface area (Å²) < 4.78 is 27.3. The molecular weight excluding hydrogens is 272 g/mol. The molecule has 0 saturated heterocycles. The normalized spacial score (nSPS) is 13.7. The fourth-order valence-electron chi connectivity index (χ4n) is 1.97. The summed E-state index contributed by atoms with van der Waals surface area (Å²) in [6.07, 6.45) is 1.80. The van der Waals surface area contributed by atoms with Gasteiger partial charge >= 0.3 is 0 Å². The van der Waals surface area contributed by atoms with E-state index in [1.807, 2.05) is 19.9 Å². The van der Waals surface area contributed by atoms with Gasteiger partial charge in [-0.3, -0.25) is 0 Å². The summed E-state index contributed by atoms with van der Waals surface area (Å²) in [6.45, 7) is 8.74. The average molecular weight is 298 g/mol. The quantitative estimate of drug-likeness (QED) is 0.775. The van der Waals surface area contributed by atoms with Crippen molar-refractivity contribution in [3.05, 3.63) is 29.8 Å². The highest BCUT2D eigenvalue weighted by Gasteiger charge is 2.17. The maximum atomic E-state index is 12.3. The molecule has 4 nitrogen and oxygen atoms in total. The van der Waals surface area contributed by atoms with E-state index in [1.165, 1.54) is 0 Å². The van der Waals surface area contributed by atoms with Crippen LogP contribution in [0.25, 0.3) is 0 Å². The summed E-state index contributed by atoms with van der Waals surface area (Å²) in [7, 11) is -3.42. The first-order valence-electron chi connectivity index (χ1n) is 7.19. The standard InChI is InChI=1S/C15H26N2O2S/c1-5-7-13(4)17-20(18,19)15-9-6-8-14(10-15)11-16-12(2)3/h6,8-10,12-13,16-17H,5,7,11H2,1-4H3. The van der Waals surface area contributed by atoms with Gasteiger partial charge in [-0.1, -0.05) is 39.3 Å². The van der Waals surface area contributed by atoms with E-state index in [2.05, 4.69) is 23.9 Å². The summed E-state index contributed by atoms with van der Waals surface area (Å²) in [5.41, 5.74) is 0.977. The zero-order valence-electron chi connectivity index (χ0n) is 12.8. The molecule has 1 aromatic carbocycles. The van der Waals surface area contributed by atoms with E-state index in [9.17, 15) is 8.42 Å². The highest BCUT2D eigenvalue weighted by atomic mass is 32.2. The number of hydrogen-bond donors (Lipinski definition) is 2. The second kappa shape index (κ2) is 7.76. The number of nitrogens with one attached hydrogen (secondary N) is 2. The lowest BCUT2D eigenvalue weighted by Crippen LogP contribution is -2.32. The molecule has 0 aliphatic rings. The molecule has 1 unspecified atom stereocenters. The molecule has 5 heteroatoms. The zero-order chi connectivity index (χ0) is 15.2. The molecule has 0 heterocycles. The van der Waals surface area contributed by atoms with Crippen LogP contribution in [0.4, 0.5) is 0 Å². The van der Waals surface area contributed by atoms with Crippen LogP contribution in [0.1, 0.15) is 46.1 Å². The molecule has 20 heavy (non-hydrogen) atoms. The van der Waals surface area contributed by atoms with Crippen molar-refractivity contribution < 1.29 is 8.42 Å². The summed E-state index contributed by atoms with van der Waals surface area (Å²) in [5, 5.41) is 3.29. The van der Waals surface area contributed by atoms with Crippen LogP contribution in [0, 0.1) is 0 Å². The second-order valence-electron chi connectivity index (χ2n) is 5.49. The third kappa shape index (κ3) is 5.61. The van der Waals surface area contributed by atoms with Crippen molar-refractivity contribution in [3.8, 4) is 0 Å². The molecule has 2 N–H and O–H groups in total. The van der Waals surface area contributed by atoms with Crippen molar-refractivity contribution >= 4 is 10.0 Å². The predicted molar refractivity (Wildman–Crippen MR) is 83.1 cm³/mol. The predicted octanol–water partition coefficient (Wildman–Crippen LogP) is 2.65. The minimum absolute atomic E-state index is 0.0394. The lowest BCUT2D eigenvalue weighted by Gasteiger charge is -2.14. The lowest BCUT2D eigenvalue weighted by molar-refractivity contribution is 0.543. The molecular formula is C15H26N2O2S. The van der Waals surface area contributed by atoms with Crippen LogP contribution >= 0.6 is 0 Å². The van der Waals surface area contributed by atoms with E-state index in [0.717, 1.165) is 18.4 Å². The minimum Gasteiger partial charge on any atom is -0.310 e. The summed E-state index contributed by atoms with van der Waals surface area (Å²) in [5.74, 6) is 0. The lowest BCUT2D eigenvalue weighted by atomic mass is 10.2. The molecule has 0 bridgehead atoms. The maximum Gasteiger partial charge on any atom is 0.240 e. The van der Waals surface area contributed by atoms with Crippen molar-refractivity contribution in [2.45, 2.75) is 64.1 Å². The third-order valence-corrected chi connectivity index (χ3v) is 4.59. The van der Waals surface area contributed by atoms with Crippen molar-refractivity contribution in [3.63, 3.8) is 0 Å². The third-order valence-electron chi connectivity index (χ3n) is 3.00. The van der Waals surface area contributed by atoms with Gasteiger partial charge in [-0.15, -0.1) is 0 Å². The van der Waals surface area contributed by atoms with Crippen molar-refractivity contribution in [2.24, 2.45) is 0 Å². The van der Waals surface area contributed by atoms with E-state index >= 15 is 0 Å². The van der Waals surface area contributed by atoms with Crippen molar-refractivity contribution in [1.82, 2.24) is 10.0 Å². The topological polar surface area (TPSA) is 58.2 Å². The largest absolute Gasteiger partial charge is 0.310 e. The molecule has 0 radical (unpaired) electrons. The van der Waals surface area contributed by atoms with Crippen LogP contribution in [0.15, 0.2) is 29.2 Å². The first kappa shape index (κ1) is 17.1. The van der Waals surface area contributed by atoms with Crippen LogP contribution in [0.3, 0.4) is 0 Å². The highest BCUT2D eigenvalue weighted by Crippen LogP contribution is 2.13. The number of benzene rings is 1. The molecule has 0 fully saturated rings. The van der Waals surface area contributed by atoms with Crippen molar-refractivity contribution in [1.29, 1.82) is 0 Å². The number of hydrogen-bond acceptors (Lipinski definition) is 3. The van der Waals surface area contributed by atoms with Crippen LogP contribution < -0.4 is 10.0 Å². The van der Waals surface area contributed by atoms with Gasteiger partial charge in [0.2, 0.25) is 10.0 Å². The SMILES string of the molecule is CCCC(C)NS(=O)(=O)c1cccc(CNC(C)C)c1. The molecule has 0 aromatic heterocycles. The van der Waals surface area contributed by atoms with E-state index in [1.54, 1.807) is 18.2 Å². The summed E-state index contributed by atoms with van der Waals surface area (Å²) in [4.78, 5) is 0.337. The maximum absolute atomic E-state index is 12.3. The first-order valence-corrected chi connectivity index (χ1v) is 8.68. The highest BCUT2D eigenvalue weighted by molar-refractivity contribution is 7.89. The Morgan fingerprint density at radius 3 is 2.50 bits per heavy atom. The molecule has 0 spiro atoms. The van der Waals surface area contributed by atoms with Gasteiger partial charge < -0.3 is 5.32 Å². The summed E-state index contributed by atoms with van der Waals surface area (Å²) in [6, 6.07) is 7.43. The average Bonchev–Trinajstić information content (AvgIpc) is 2.36. The van der Waals surface area contributed by atoms with E-state index in [4.69, 9.17) is 0 Å². The van der Waals surface area contributed by atoms with Crippen LogP contribution in [-0.4, -0.2) is 20.5 Å². The first-order chi connectivity index (χ1) is 9.35. The van der Waals surface area contributed by atoms with Gasteiger partial charge in [0, 0.05) is 18.6 Å². The van der Waals surface area contributed by atoms with Gasteiger partial charge in [-0.05, 0) is 31.0 Å². The molecule has 1 atom stereocenters. The van der Waals surface area contributed by atoms with Crippen molar-refractivity contribution in [2.75, 3.05) is 0 Å². The zero-order valence-corrected chi connectivity index (χ0v) is 13.6. The molecule has 114 valence electrons.